The number of nitro benzene ring substituents is 1. The van der Waals surface area contributed by atoms with Crippen LogP contribution in [0.5, 0.6) is 0 Å². The highest BCUT2D eigenvalue weighted by molar-refractivity contribution is 7.89. The predicted octanol–water partition coefficient (Wildman–Crippen LogP) is 1.96. The van der Waals surface area contributed by atoms with Crippen molar-refractivity contribution in [1.29, 1.82) is 0 Å². The summed E-state index contributed by atoms with van der Waals surface area (Å²) in [5.41, 5.74) is 0.510. The van der Waals surface area contributed by atoms with E-state index in [4.69, 9.17) is 0 Å². The molecule has 0 saturated heterocycles. The first kappa shape index (κ1) is 21.1. The summed E-state index contributed by atoms with van der Waals surface area (Å²) >= 11 is 0. The van der Waals surface area contributed by atoms with E-state index in [2.05, 4.69) is 10.3 Å². The third-order valence-corrected chi connectivity index (χ3v) is 6.30. The lowest BCUT2D eigenvalue weighted by atomic mass is 10.1. The van der Waals surface area contributed by atoms with Crippen LogP contribution in [0, 0.1) is 10.1 Å². The molecule has 11 heteroatoms. The first-order valence-electron chi connectivity index (χ1n) is 8.77. The molecule has 3 aromatic rings. The summed E-state index contributed by atoms with van der Waals surface area (Å²) in [5.74, 6) is -0.563. The van der Waals surface area contributed by atoms with Gasteiger partial charge in [-0.1, -0.05) is 18.2 Å². The maximum Gasteiger partial charge on any atom is 0.294 e. The van der Waals surface area contributed by atoms with Crippen LogP contribution >= 0.6 is 0 Å². The van der Waals surface area contributed by atoms with Crippen LogP contribution in [0.1, 0.15) is 15.9 Å². The molecule has 1 aromatic heterocycles. The summed E-state index contributed by atoms with van der Waals surface area (Å²) in [6.07, 6.45) is 4.47. The summed E-state index contributed by atoms with van der Waals surface area (Å²) in [6, 6.07) is 10.4. The number of sulfonamides is 1. The van der Waals surface area contributed by atoms with Crippen molar-refractivity contribution in [3.05, 3.63) is 82.4 Å². The van der Waals surface area contributed by atoms with E-state index in [9.17, 15) is 23.3 Å². The molecule has 0 unspecified atom stereocenters. The number of carbonyl (C=O) groups is 1. The zero-order chi connectivity index (χ0) is 21.9. The standard InChI is InChI=1S/C19H19N5O5S/c1-22(2)30(28,29)18-6-4-3-5-15(18)12-21-19(25)14-7-8-16(17(11-14)24(26)27)23-10-9-20-13-23/h3-11,13H,12H2,1-2H3,(H,21,25). The molecule has 3 rings (SSSR count). The van der Waals surface area contributed by atoms with Crippen LogP contribution in [-0.2, 0) is 16.6 Å². The van der Waals surface area contributed by atoms with E-state index >= 15 is 0 Å². The van der Waals surface area contributed by atoms with Crippen LogP contribution in [0.4, 0.5) is 5.69 Å². The van der Waals surface area contributed by atoms with Gasteiger partial charge in [0.05, 0.1) is 16.1 Å². The van der Waals surface area contributed by atoms with Gasteiger partial charge in [0, 0.05) is 44.7 Å². The molecule has 0 saturated carbocycles. The van der Waals surface area contributed by atoms with Crippen molar-refractivity contribution in [3.8, 4) is 5.69 Å². The number of hydrogen-bond acceptors (Lipinski definition) is 6. The van der Waals surface area contributed by atoms with Crippen molar-refractivity contribution >= 4 is 21.6 Å². The summed E-state index contributed by atoms with van der Waals surface area (Å²) in [4.78, 5) is 27.4. The molecule has 0 spiro atoms. The molecule has 1 N–H and O–H groups in total. The van der Waals surface area contributed by atoms with E-state index in [1.165, 1.54) is 55.5 Å². The average molecular weight is 429 g/mol. The third kappa shape index (κ3) is 4.21. The lowest BCUT2D eigenvalue weighted by Gasteiger charge is -2.15. The van der Waals surface area contributed by atoms with Crippen molar-refractivity contribution in [2.75, 3.05) is 14.1 Å². The minimum atomic E-state index is -3.68. The van der Waals surface area contributed by atoms with E-state index in [0.717, 1.165) is 4.31 Å². The van der Waals surface area contributed by atoms with Crippen molar-refractivity contribution < 1.29 is 18.1 Å². The monoisotopic (exact) mass is 429 g/mol. The highest BCUT2D eigenvalue weighted by Gasteiger charge is 2.22. The van der Waals surface area contributed by atoms with Crippen molar-refractivity contribution in [2.24, 2.45) is 0 Å². The quantitative estimate of drug-likeness (QED) is 0.452. The molecular formula is C19H19N5O5S. The number of hydrogen-bond donors (Lipinski definition) is 1. The third-order valence-electron chi connectivity index (χ3n) is 4.39. The van der Waals surface area contributed by atoms with Crippen LogP contribution < -0.4 is 5.32 Å². The van der Waals surface area contributed by atoms with Gasteiger partial charge in [-0.3, -0.25) is 14.9 Å². The lowest BCUT2D eigenvalue weighted by Crippen LogP contribution is -2.27. The van der Waals surface area contributed by atoms with E-state index in [1.807, 2.05) is 0 Å². The number of nitrogens with one attached hydrogen (secondary N) is 1. The van der Waals surface area contributed by atoms with Gasteiger partial charge in [-0.15, -0.1) is 0 Å². The molecule has 156 valence electrons. The van der Waals surface area contributed by atoms with Crippen LogP contribution in [0.15, 0.2) is 66.1 Å². The van der Waals surface area contributed by atoms with E-state index in [1.54, 1.807) is 24.4 Å². The molecule has 30 heavy (non-hydrogen) atoms. The molecule has 0 aliphatic rings. The Kier molecular flexibility index (Phi) is 5.94. The number of carbonyl (C=O) groups excluding carboxylic acids is 1. The van der Waals surface area contributed by atoms with Gasteiger partial charge in [-0.25, -0.2) is 17.7 Å². The molecule has 0 fully saturated rings. The van der Waals surface area contributed by atoms with Crippen molar-refractivity contribution in [3.63, 3.8) is 0 Å². The number of nitro groups is 1. The van der Waals surface area contributed by atoms with E-state index in [0.29, 0.717) is 5.56 Å². The minimum Gasteiger partial charge on any atom is -0.348 e. The summed E-state index contributed by atoms with van der Waals surface area (Å²) in [5, 5.41) is 14.1. The Morgan fingerprint density at radius 2 is 1.97 bits per heavy atom. The fraction of sp³-hybridized carbons (Fsp3) is 0.158. The molecule has 0 aliphatic carbocycles. The Balaban J connectivity index is 1.85. The first-order chi connectivity index (χ1) is 14.2. The smallest absolute Gasteiger partial charge is 0.294 e. The van der Waals surface area contributed by atoms with Gasteiger partial charge in [0.1, 0.15) is 5.69 Å². The maximum atomic E-state index is 12.6. The molecule has 1 heterocycles. The Bertz CT molecular complexity index is 1190. The number of aromatic nitrogens is 2. The zero-order valence-corrected chi connectivity index (χ0v) is 17.0. The van der Waals surface area contributed by atoms with Gasteiger partial charge in [-0.2, -0.15) is 0 Å². The zero-order valence-electron chi connectivity index (χ0n) is 16.2. The van der Waals surface area contributed by atoms with Crippen LogP contribution in [0.2, 0.25) is 0 Å². The number of rotatable bonds is 7. The Morgan fingerprint density at radius 1 is 1.23 bits per heavy atom. The minimum absolute atomic E-state index is 0.0564. The Morgan fingerprint density at radius 3 is 2.60 bits per heavy atom. The van der Waals surface area contributed by atoms with Gasteiger partial charge >= 0.3 is 0 Å². The Hall–Kier alpha value is -3.57. The van der Waals surface area contributed by atoms with E-state index in [-0.39, 0.29) is 28.4 Å². The summed E-state index contributed by atoms with van der Waals surface area (Å²) < 4.78 is 27.5. The number of amides is 1. The maximum absolute atomic E-state index is 12.6. The fourth-order valence-corrected chi connectivity index (χ4v) is 3.92. The molecule has 0 radical (unpaired) electrons. The second kappa shape index (κ2) is 8.43. The van der Waals surface area contributed by atoms with Gasteiger partial charge in [0.2, 0.25) is 10.0 Å². The molecule has 0 aliphatic heterocycles. The van der Waals surface area contributed by atoms with Gasteiger partial charge in [-0.05, 0) is 23.8 Å². The second-order valence-corrected chi connectivity index (χ2v) is 8.63. The normalized spacial score (nSPS) is 11.4. The van der Waals surface area contributed by atoms with E-state index < -0.39 is 20.9 Å². The number of imidazole rings is 1. The summed E-state index contributed by atoms with van der Waals surface area (Å²) in [6.45, 7) is -0.0564. The van der Waals surface area contributed by atoms with Crippen molar-refractivity contribution in [2.45, 2.75) is 11.4 Å². The Labute approximate surface area is 173 Å². The van der Waals surface area contributed by atoms with Crippen LogP contribution in [0.3, 0.4) is 0 Å². The molecular weight excluding hydrogens is 410 g/mol. The SMILES string of the molecule is CN(C)S(=O)(=O)c1ccccc1CNC(=O)c1ccc(-n2ccnc2)c([N+](=O)[O-])c1. The van der Waals surface area contributed by atoms with Crippen LogP contribution in [-0.4, -0.2) is 47.2 Å². The fourth-order valence-electron chi connectivity index (χ4n) is 2.81. The largest absolute Gasteiger partial charge is 0.348 e. The lowest BCUT2D eigenvalue weighted by molar-refractivity contribution is -0.384. The van der Waals surface area contributed by atoms with Crippen LogP contribution in [0.25, 0.3) is 5.69 Å². The van der Waals surface area contributed by atoms with Gasteiger partial charge < -0.3 is 9.88 Å². The molecule has 0 atom stereocenters. The molecule has 0 bridgehead atoms. The second-order valence-electron chi connectivity index (χ2n) is 6.51. The molecule has 1 amide bonds. The van der Waals surface area contributed by atoms with Crippen molar-refractivity contribution in [1.82, 2.24) is 19.2 Å². The average Bonchev–Trinajstić information content (AvgIpc) is 3.26. The van der Waals surface area contributed by atoms with Gasteiger partial charge in [0.25, 0.3) is 11.6 Å². The first-order valence-corrected chi connectivity index (χ1v) is 10.2. The predicted molar refractivity (Wildman–Crippen MR) is 109 cm³/mol. The molecule has 2 aromatic carbocycles. The van der Waals surface area contributed by atoms with Gasteiger partial charge in [0.15, 0.2) is 0 Å². The highest BCUT2D eigenvalue weighted by Crippen LogP contribution is 2.24. The highest BCUT2D eigenvalue weighted by atomic mass is 32.2. The molecule has 10 nitrogen and oxygen atoms in total. The topological polar surface area (TPSA) is 127 Å². The number of nitrogens with zero attached hydrogens (tertiary/aromatic N) is 4. The summed E-state index contributed by atoms with van der Waals surface area (Å²) in [7, 11) is -0.840. The number of benzene rings is 2.